The van der Waals surface area contributed by atoms with Crippen molar-refractivity contribution in [1.29, 1.82) is 0 Å². The maximum atomic E-state index is 12.6. The third-order valence-electron chi connectivity index (χ3n) is 3.96. The molecule has 1 heterocycles. The van der Waals surface area contributed by atoms with Crippen molar-refractivity contribution in [1.82, 2.24) is 20.6 Å². The lowest BCUT2D eigenvalue weighted by molar-refractivity contribution is -0.141. The largest absolute Gasteiger partial charge is 0.433 e. The molecule has 6 nitrogen and oxygen atoms in total. The zero-order chi connectivity index (χ0) is 20.4. The summed E-state index contributed by atoms with van der Waals surface area (Å²) in [5, 5.41) is 9.18. The monoisotopic (exact) mass is 394 g/mol. The van der Waals surface area contributed by atoms with Crippen molar-refractivity contribution < 1.29 is 13.2 Å². The molecule has 0 aliphatic rings. The molecule has 0 aliphatic carbocycles. The van der Waals surface area contributed by atoms with E-state index in [4.69, 9.17) is 0 Å². The summed E-state index contributed by atoms with van der Waals surface area (Å²) in [6.07, 6.45) is -1.50. The summed E-state index contributed by atoms with van der Waals surface area (Å²) in [5.41, 5.74) is 0.312. The Hall–Kier alpha value is -2.84. The molecule has 0 aliphatic heterocycles. The molecule has 0 amide bonds. The normalized spacial score (nSPS) is 13.1. The molecule has 0 radical (unpaired) electrons. The van der Waals surface area contributed by atoms with Crippen LogP contribution < -0.4 is 16.0 Å². The van der Waals surface area contributed by atoms with E-state index < -0.39 is 11.9 Å². The molecular formula is C19H25F3N6. The fourth-order valence-electron chi connectivity index (χ4n) is 2.49. The van der Waals surface area contributed by atoms with Gasteiger partial charge in [-0.15, -0.1) is 0 Å². The van der Waals surface area contributed by atoms with Crippen molar-refractivity contribution in [2.75, 3.05) is 25.5 Å². The highest BCUT2D eigenvalue weighted by molar-refractivity contribution is 5.79. The van der Waals surface area contributed by atoms with Crippen LogP contribution in [-0.2, 0) is 12.6 Å². The summed E-state index contributed by atoms with van der Waals surface area (Å²) in [6.45, 7) is 2.87. The van der Waals surface area contributed by atoms with Gasteiger partial charge >= 0.3 is 6.18 Å². The smallest absolute Gasteiger partial charge is 0.355 e. The molecule has 1 atom stereocenters. The molecule has 3 N–H and O–H groups in total. The molecule has 1 unspecified atom stereocenters. The number of alkyl halides is 3. The van der Waals surface area contributed by atoms with E-state index >= 15 is 0 Å². The average Bonchev–Trinajstić information content (AvgIpc) is 2.69. The molecule has 1 aromatic heterocycles. The first-order valence-electron chi connectivity index (χ1n) is 9.03. The average molecular weight is 394 g/mol. The number of aryl methyl sites for hydroxylation is 1. The first kappa shape index (κ1) is 21.5. The van der Waals surface area contributed by atoms with Crippen LogP contribution in [0.2, 0.25) is 0 Å². The van der Waals surface area contributed by atoms with Gasteiger partial charge in [-0.1, -0.05) is 30.3 Å². The van der Waals surface area contributed by atoms with Crippen molar-refractivity contribution in [2.24, 2.45) is 4.99 Å². The number of guanidine groups is 1. The van der Waals surface area contributed by atoms with Gasteiger partial charge in [0.05, 0.1) is 0 Å². The van der Waals surface area contributed by atoms with Gasteiger partial charge < -0.3 is 16.0 Å². The third kappa shape index (κ3) is 7.42. The van der Waals surface area contributed by atoms with Crippen molar-refractivity contribution >= 4 is 11.9 Å². The molecule has 28 heavy (non-hydrogen) atoms. The Labute approximate surface area is 162 Å². The number of hydrogen-bond acceptors (Lipinski definition) is 4. The third-order valence-corrected chi connectivity index (χ3v) is 3.96. The van der Waals surface area contributed by atoms with E-state index in [1.165, 1.54) is 5.56 Å². The number of anilines is 1. The summed E-state index contributed by atoms with van der Waals surface area (Å²) in [5.74, 6) is 0.572. The van der Waals surface area contributed by atoms with Crippen LogP contribution >= 0.6 is 0 Å². The second-order valence-electron chi connectivity index (χ2n) is 6.26. The number of nitrogens with one attached hydrogen (secondary N) is 3. The molecule has 1 aromatic carbocycles. The fraction of sp³-hybridized carbons (Fsp3) is 0.421. The van der Waals surface area contributed by atoms with Crippen molar-refractivity contribution in [3.8, 4) is 0 Å². The molecule has 0 bridgehead atoms. The van der Waals surface area contributed by atoms with Crippen molar-refractivity contribution in [3.63, 3.8) is 0 Å². The molecular weight excluding hydrogens is 369 g/mol. The molecule has 2 aromatic rings. The Morgan fingerprint density at radius 2 is 1.89 bits per heavy atom. The van der Waals surface area contributed by atoms with Gasteiger partial charge in [0, 0.05) is 32.4 Å². The van der Waals surface area contributed by atoms with E-state index in [1.807, 2.05) is 18.2 Å². The van der Waals surface area contributed by atoms with Gasteiger partial charge in [0.1, 0.15) is 5.69 Å². The lowest BCUT2D eigenvalue weighted by atomic mass is 10.1. The number of nitrogens with zero attached hydrogens (tertiary/aromatic N) is 3. The Balaban J connectivity index is 1.71. The molecule has 2 rings (SSSR count). The first-order chi connectivity index (χ1) is 13.4. The first-order valence-corrected chi connectivity index (χ1v) is 9.03. The Morgan fingerprint density at radius 1 is 1.14 bits per heavy atom. The molecule has 0 fully saturated rings. The zero-order valence-electron chi connectivity index (χ0n) is 15.9. The molecule has 0 spiro atoms. The van der Waals surface area contributed by atoms with Crippen molar-refractivity contribution in [3.05, 3.63) is 53.9 Å². The van der Waals surface area contributed by atoms with Crippen molar-refractivity contribution in [2.45, 2.75) is 32.0 Å². The number of rotatable bonds is 8. The summed E-state index contributed by atoms with van der Waals surface area (Å²) in [6, 6.07) is 11.3. The van der Waals surface area contributed by atoms with Gasteiger partial charge in [0.2, 0.25) is 5.95 Å². The second kappa shape index (κ2) is 10.5. The van der Waals surface area contributed by atoms with E-state index in [0.29, 0.717) is 19.0 Å². The van der Waals surface area contributed by atoms with Gasteiger partial charge in [-0.25, -0.2) is 9.97 Å². The highest BCUT2D eigenvalue weighted by atomic mass is 19.4. The lowest BCUT2D eigenvalue weighted by Gasteiger charge is -2.18. The number of halogens is 3. The van der Waals surface area contributed by atoms with Crippen LogP contribution in [-0.4, -0.2) is 42.1 Å². The Bertz CT molecular complexity index is 749. The summed E-state index contributed by atoms with van der Waals surface area (Å²) < 4.78 is 37.9. The predicted octanol–water partition coefficient (Wildman–Crippen LogP) is 3.09. The van der Waals surface area contributed by atoms with Crippen LogP contribution in [0.15, 0.2) is 47.6 Å². The van der Waals surface area contributed by atoms with Crippen LogP contribution in [0.5, 0.6) is 0 Å². The van der Waals surface area contributed by atoms with Crippen LogP contribution in [0.4, 0.5) is 19.1 Å². The molecule has 0 saturated heterocycles. The number of aliphatic imine (C=N–C) groups is 1. The highest BCUT2D eigenvalue weighted by Crippen LogP contribution is 2.27. The fourth-order valence-corrected chi connectivity index (χ4v) is 2.49. The van der Waals surface area contributed by atoms with Gasteiger partial charge in [-0.3, -0.25) is 4.99 Å². The van der Waals surface area contributed by atoms with Gasteiger partial charge in [0.15, 0.2) is 5.96 Å². The number of hydrogen-bond donors (Lipinski definition) is 3. The van der Waals surface area contributed by atoms with Crippen LogP contribution in [0, 0.1) is 0 Å². The maximum Gasteiger partial charge on any atom is 0.433 e. The second-order valence-corrected chi connectivity index (χ2v) is 6.26. The summed E-state index contributed by atoms with van der Waals surface area (Å²) in [7, 11) is 1.67. The van der Waals surface area contributed by atoms with E-state index in [0.717, 1.165) is 25.1 Å². The summed E-state index contributed by atoms with van der Waals surface area (Å²) in [4.78, 5) is 11.4. The summed E-state index contributed by atoms with van der Waals surface area (Å²) >= 11 is 0. The topological polar surface area (TPSA) is 74.2 Å². The van der Waals surface area contributed by atoms with Gasteiger partial charge in [-0.05, 0) is 31.4 Å². The zero-order valence-corrected chi connectivity index (χ0v) is 15.9. The molecule has 152 valence electrons. The van der Waals surface area contributed by atoms with E-state index in [-0.39, 0.29) is 12.0 Å². The van der Waals surface area contributed by atoms with E-state index in [9.17, 15) is 13.2 Å². The number of benzene rings is 1. The van der Waals surface area contributed by atoms with Gasteiger partial charge in [0.25, 0.3) is 0 Å². The highest BCUT2D eigenvalue weighted by Gasteiger charge is 2.32. The van der Waals surface area contributed by atoms with Crippen LogP contribution in [0.3, 0.4) is 0 Å². The lowest BCUT2D eigenvalue weighted by Crippen LogP contribution is -2.43. The number of aromatic nitrogens is 2. The van der Waals surface area contributed by atoms with Gasteiger partial charge in [-0.2, -0.15) is 13.2 Å². The predicted molar refractivity (Wildman–Crippen MR) is 104 cm³/mol. The SMILES string of the molecule is CN=C(NCCNc1nccc(C(F)(F)F)n1)NC(C)CCc1ccccc1. The van der Waals surface area contributed by atoms with Crippen LogP contribution in [0.25, 0.3) is 0 Å². The minimum absolute atomic E-state index is 0.0594. The minimum atomic E-state index is -4.49. The maximum absolute atomic E-state index is 12.6. The minimum Gasteiger partial charge on any atom is -0.355 e. The Kier molecular flexibility index (Phi) is 8.03. The quantitative estimate of drug-likeness (QED) is 0.365. The van der Waals surface area contributed by atoms with E-state index in [1.54, 1.807) is 7.05 Å². The Morgan fingerprint density at radius 3 is 2.57 bits per heavy atom. The molecule has 0 saturated carbocycles. The molecule has 9 heteroatoms. The standard InChI is InChI=1S/C19H25F3N6/c1-14(8-9-15-6-4-3-5-7-15)27-17(23-2)25-12-13-26-18-24-11-10-16(28-18)19(20,21)22/h3-7,10-11,14H,8-9,12-13H2,1-2H3,(H2,23,25,27)(H,24,26,28). The van der Waals surface area contributed by atoms with Crippen LogP contribution in [0.1, 0.15) is 24.6 Å². The van der Waals surface area contributed by atoms with E-state index in [2.05, 4.69) is 50.0 Å².